The molecule has 0 atom stereocenters. The van der Waals surface area contributed by atoms with Gasteiger partial charge in [-0.15, -0.1) is 0 Å². The second-order valence-corrected chi connectivity index (χ2v) is 8.23. The Labute approximate surface area is 186 Å². The number of ether oxygens (including phenoxy) is 2. The van der Waals surface area contributed by atoms with Crippen molar-refractivity contribution in [1.29, 1.82) is 0 Å². The van der Waals surface area contributed by atoms with E-state index >= 15 is 0 Å². The third-order valence-corrected chi connectivity index (χ3v) is 5.68. The standard InChI is InChI=1S/C23H22N2O6S/c1-16-4-11-20(12-5-16)32(27,28)31-21-13-6-17(14-22(21)30-3)15-24-25-23(26)18-7-9-19(29-2)10-8-18/h4-15H,1-3H3,(H,25,26)/b24-15-. The molecule has 0 fully saturated rings. The largest absolute Gasteiger partial charge is 0.497 e. The Morgan fingerprint density at radius 1 is 0.906 bits per heavy atom. The first-order valence-corrected chi connectivity index (χ1v) is 10.9. The number of amides is 1. The summed E-state index contributed by atoms with van der Waals surface area (Å²) in [5, 5.41) is 3.93. The second-order valence-electron chi connectivity index (χ2n) is 6.69. The number of carbonyl (C=O) groups is 1. The first kappa shape index (κ1) is 22.8. The number of carbonyl (C=O) groups excluding carboxylic acids is 1. The molecule has 9 heteroatoms. The van der Waals surface area contributed by atoms with E-state index in [-0.39, 0.29) is 22.3 Å². The fraction of sp³-hybridized carbons (Fsp3) is 0.130. The van der Waals surface area contributed by atoms with Crippen molar-refractivity contribution < 1.29 is 26.9 Å². The Morgan fingerprint density at radius 2 is 1.59 bits per heavy atom. The molecule has 0 aliphatic heterocycles. The van der Waals surface area contributed by atoms with Crippen LogP contribution in [0.5, 0.6) is 17.2 Å². The van der Waals surface area contributed by atoms with Gasteiger partial charge >= 0.3 is 10.1 Å². The van der Waals surface area contributed by atoms with E-state index in [1.165, 1.54) is 31.5 Å². The minimum atomic E-state index is -4.02. The molecule has 0 spiro atoms. The molecule has 32 heavy (non-hydrogen) atoms. The summed E-state index contributed by atoms with van der Waals surface area (Å²) in [7, 11) is -1.08. The maximum atomic E-state index is 12.5. The third kappa shape index (κ3) is 5.64. The molecule has 3 rings (SSSR count). The fourth-order valence-corrected chi connectivity index (χ4v) is 3.62. The van der Waals surface area contributed by atoms with Gasteiger partial charge in [0.25, 0.3) is 5.91 Å². The number of nitrogens with one attached hydrogen (secondary N) is 1. The van der Waals surface area contributed by atoms with Gasteiger partial charge < -0.3 is 13.7 Å². The molecule has 0 saturated heterocycles. The molecule has 0 aliphatic carbocycles. The van der Waals surface area contributed by atoms with Gasteiger partial charge in [0.2, 0.25) is 0 Å². The zero-order chi connectivity index (χ0) is 23.1. The maximum Gasteiger partial charge on any atom is 0.339 e. The van der Waals surface area contributed by atoms with Crippen LogP contribution < -0.4 is 19.1 Å². The quantitative estimate of drug-likeness (QED) is 0.317. The van der Waals surface area contributed by atoms with Gasteiger partial charge in [-0.3, -0.25) is 4.79 Å². The van der Waals surface area contributed by atoms with Crippen molar-refractivity contribution in [1.82, 2.24) is 5.43 Å². The van der Waals surface area contributed by atoms with E-state index in [1.807, 2.05) is 6.92 Å². The highest BCUT2D eigenvalue weighted by atomic mass is 32.2. The van der Waals surface area contributed by atoms with Crippen molar-refractivity contribution in [2.45, 2.75) is 11.8 Å². The van der Waals surface area contributed by atoms with Crippen molar-refractivity contribution in [2.75, 3.05) is 14.2 Å². The maximum absolute atomic E-state index is 12.5. The topological polar surface area (TPSA) is 103 Å². The number of hydrogen-bond acceptors (Lipinski definition) is 7. The zero-order valence-electron chi connectivity index (χ0n) is 17.7. The Balaban J connectivity index is 1.70. The molecule has 3 aromatic rings. The van der Waals surface area contributed by atoms with Gasteiger partial charge in [-0.05, 0) is 67.1 Å². The fourth-order valence-electron chi connectivity index (χ4n) is 2.68. The molecule has 1 N–H and O–H groups in total. The molecule has 0 radical (unpaired) electrons. The highest BCUT2D eigenvalue weighted by Gasteiger charge is 2.19. The van der Waals surface area contributed by atoms with Gasteiger partial charge in [0.05, 0.1) is 20.4 Å². The van der Waals surface area contributed by atoms with Gasteiger partial charge in [0.1, 0.15) is 10.6 Å². The second kappa shape index (κ2) is 9.97. The Bertz CT molecular complexity index is 1220. The number of hydrogen-bond donors (Lipinski definition) is 1. The van der Waals surface area contributed by atoms with Crippen LogP contribution in [0.25, 0.3) is 0 Å². The first-order chi connectivity index (χ1) is 15.3. The van der Waals surface area contributed by atoms with Crippen LogP contribution in [0.1, 0.15) is 21.5 Å². The summed E-state index contributed by atoms with van der Waals surface area (Å²) in [6, 6.07) is 17.5. The lowest BCUT2D eigenvalue weighted by Gasteiger charge is -2.11. The van der Waals surface area contributed by atoms with Crippen LogP contribution in [0, 0.1) is 6.92 Å². The van der Waals surface area contributed by atoms with Crippen molar-refractivity contribution in [3.8, 4) is 17.2 Å². The monoisotopic (exact) mass is 454 g/mol. The van der Waals surface area contributed by atoms with Crippen LogP contribution in [0.3, 0.4) is 0 Å². The minimum absolute atomic E-state index is 0.0347. The highest BCUT2D eigenvalue weighted by Crippen LogP contribution is 2.30. The summed E-state index contributed by atoms with van der Waals surface area (Å²) < 4.78 is 40.6. The molecule has 1 amide bonds. The molecule has 0 heterocycles. The van der Waals surface area contributed by atoms with Crippen LogP contribution in [0.15, 0.2) is 76.7 Å². The summed E-state index contributed by atoms with van der Waals surface area (Å²) in [5.41, 5.74) is 4.35. The summed E-state index contributed by atoms with van der Waals surface area (Å²) in [6.45, 7) is 1.86. The van der Waals surface area contributed by atoms with Crippen LogP contribution >= 0.6 is 0 Å². The van der Waals surface area contributed by atoms with E-state index in [4.69, 9.17) is 13.7 Å². The molecule has 0 saturated carbocycles. The van der Waals surface area contributed by atoms with Gasteiger partial charge in [0.15, 0.2) is 11.5 Å². The van der Waals surface area contributed by atoms with E-state index < -0.39 is 10.1 Å². The Kier molecular flexibility index (Phi) is 7.11. The van der Waals surface area contributed by atoms with Crippen LogP contribution in [0.2, 0.25) is 0 Å². The third-order valence-electron chi connectivity index (χ3n) is 4.43. The summed E-state index contributed by atoms with van der Waals surface area (Å²) in [5.74, 6) is 0.488. The molecule has 0 aromatic heterocycles. The minimum Gasteiger partial charge on any atom is -0.497 e. The Hall–Kier alpha value is -3.85. The SMILES string of the molecule is COc1ccc(C(=O)N/N=C\c2ccc(OS(=O)(=O)c3ccc(C)cc3)c(OC)c2)cc1. The van der Waals surface area contributed by atoms with Crippen LogP contribution in [-0.2, 0) is 10.1 Å². The summed E-state index contributed by atoms with van der Waals surface area (Å²) >= 11 is 0. The predicted octanol–water partition coefficient (Wildman–Crippen LogP) is 3.54. The first-order valence-electron chi connectivity index (χ1n) is 9.49. The summed E-state index contributed by atoms with van der Waals surface area (Å²) in [6.07, 6.45) is 1.40. The molecule has 0 bridgehead atoms. The van der Waals surface area contributed by atoms with Gasteiger partial charge in [0, 0.05) is 5.56 Å². The van der Waals surface area contributed by atoms with E-state index in [0.717, 1.165) is 5.56 Å². The lowest BCUT2D eigenvalue weighted by atomic mass is 10.2. The molecular weight excluding hydrogens is 432 g/mol. The Morgan fingerprint density at radius 3 is 2.22 bits per heavy atom. The molecule has 0 unspecified atom stereocenters. The average molecular weight is 455 g/mol. The van der Waals surface area contributed by atoms with Crippen molar-refractivity contribution in [3.05, 3.63) is 83.4 Å². The van der Waals surface area contributed by atoms with Crippen LogP contribution in [0.4, 0.5) is 0 Å². The lowest BCUT2D eigenvalue weighted by molar-refractivity contribution is 0.0955. The van der Waals surface area contributed by atoms with E-state index in [9.17, 15) is 13.2 Å². The van der Waals surface area contributed by atoms with E-state index in [0.29, 0.717) is 16.9 Å². The number of rotatable bonds is 8. The number of aryl methyl sites for hydroxylation is 1. The smallest absolute Gasteiger partial charge is 0.339 e. The molecular formula is C23H22N2O6S. The number of hydrazone groups is 1. The molecule has 3 aromatic carbocycles. The summed E-state index contributed by atoms with van der Waals surface area (Å²) in [4.78, 5) is 12.2. The number of nitrogens with zero attached hydrogens (tertiary/aromatic N) is 1. The van der Waals surface area contributed by atoms with E-state index in [1.54, 1.807) is 55.6 Å². The van der Waals surface area contributed by atoms with Crippen molar-refractivity contribution in [2.24, 2.45) is 5.10 Å². The lowest BCUT2D eigenvalue weighted by Crippen LogP contribution is -2.17. The van der Waals surface area contributed by atoms with Gasteiger partial charge in [-0.25, -0.2) is 5.43 Å². The number of benzene rings is 3. The normalized spacial score (nSPS) is 11.2. The van der Waals surface area contributed by atoms with Crippen LogP contribution in [-0.4, -0.2) is 34.8 Å². The zero-order valence-corrected chi connectivity index (χ0v) is 18.5. The number of methoxy groups -OCH3 is 2. The molecule has 8 nitrogen and oxygen atoms in total. The predicted molar refractivity (Wildman–Crippen MR) is 120 cm³/mol. The van der Waals surface area contributed by atoms with Crippen molar-refractivity contribution in [3.63, 3.8) is 0 Å². The van der Waals surface area contributed by atoms with Gasteiger partial charge in [-0.1, -0.05) is 17.7 Å². The van der Waals surface area contributed by atoms with Gasteiger partial charge in [-0.2, -0.15) is 13.5 Å². The van der Waals surface area contributed by atoms with E-state index in [2.05, 4.69) is 10.5 Å². The highest BCUT2D eigenvalue weighted by molar-refractivity contribution is 7.87. The van der Waals surface area contributed by atoms with Crippen molar-refractivity contribution >= 4 is 22.2 Å². The molecule has 166 valence electrons. The molecule has 0 aliphatic rings. The average Bonchev–Trinajstić information content (AvgIpc) is 2.80.